The Bertz CT molecular complexity index is 760. The predicted octanol–water partition coefficient (Wildman–Crippen LogP) is 4.12. The number of halogens is 1. The fraction of sp³-hybridized carbons (Fsp3) is 0.450. The van der Waals surface area contributed by atoms with E-state index in [9.17, 15) is 4.79 Å². The minimum Gasteiger partial charge on any atom is -0.465 e. The molecule has 26 heavy (non-hydrogen) atoms. The van der Waals surface area contributed by atoms with Gasteiger partial charge in [-0.1, -0.05) is 30.3 Å². The summed E-state index contributed by atoms with van der Waals surface area (Å²) in [5, 5.41) is 0. The van der Waals surface area contributed by atoms with Crippen LogP contribution in [-0.4, -0.2) is 30.4 Å². The van der Waals surface area contributed by atoms with Crippen LogP contribution in [0.4, 0.5) is 0 Å². The van der Waals surface area contributed by atoms with E-state index in [4.69, 9.17) is 4.42 Å². The first-order valence-corrected chi connectivity index (χ1v) is 9.83. The van der Waals surface area contributed by atoms with Gasteiger partial charge in [-0.15, -0.1) is 0 Å². The molecular weight excluding hydrogens is 394 g/mol. The Morgan fingerprint density at radius 2 is 1.96 bits per heavy atom. The SMILES string of the molecule is Cc1oc(C)c(C(=O)N(C)CCCC2CC(c3ccccc3)NN2)c1Br. The van der Waals surface area contributed by atoms with Crippen molar-refractivity contribution >= 4 is 21.8 Å². The lowest BCUT2D eigenvalue weighted by Gasteiger charge is -2.18. The smallest absolute Gasteiger partial charge is 0.258 e. The molecule has 1 aliphatic rings. The second kappa shape index (κ2) is 8.37. The number of hydrogen-bond acceptors (Lipinski definition) is 4. The van der Waals surface area contributed by atoms with E-state index in [1.54, 1.807) is 4.90 Å². The summed E-state index contributed by atoms with van der Waals surface area (Å²) in [6, 6.07) is 11.3. The van der Waals surface area contributed by atoms with Gasteiger partial charge >= 0.3 is 0 Å². The van der Waals surface area contributed by atoms with Gasteiger partial charge in [0, 0.05) is 25.7 Å². The molecule has 2 N–H and O–H groups in total. The molecule has 1 aliphatic heterocycles. The van der Waals surface area contributed by atoms with Crippen LogP contribution in [0.25, 0.3) is 0 Å². The Morgan fingerprint density at radius 1 is 1.23 bits per heavy atom. The molecule has 140 valence electrons. The van der Waals surface area contributed by atoms with Crippen molar-refractivity contribution in [2.24, 2.45) is 0 Å². The summed E-state index contributed by atoms with van der Waals surface area (Å²) < 4.78 is 6.31. The summed E-state index contributed by atoms with van der Waals surface area (Å²) in [7, 11) is 1.85. The quantitative estimate of drug-likeness (QED) is 0.738. The maximum absolute atomic E-state index is 12.7. The van der Waals surface area contributed by atoms with Gasteiger partial charge in [0.1, 0.15) is 11.5 Å². The van der Waals surface area contributed by atoms with E-state index >= 15 is 0 Å². The van der Waals surface area contributed by atoms with Gasteiger partial charge in [0.2, 0.25) is 0 Å². The molecule has 0 radical (unpaired) electrons. The molecule has 0 spiro atoms. The number of aryl methyl sites for hydroxylation is 2. The zero-order valence-corrected chi connectivity index (χ0v) is 17.1. The van der Waals surface area contributed by atoms with E-state index in [1.807, 2.05) is 27.0 Å². The lowest BCUT2D eigenvalue weighted by molar-refractivity contribution is 0.0789. The van der Waals surface area contributed by atoms with Crippen molar-refractivity contribution in [3.05, 3.63) is 57.5 Å². The Labute approximate surface area is 163 Å². The number of carbonyl (C=O) groups excluding carboxylic acids is 1. The first kappa shape index (κ1) is 19.1. The number of carbonyl (C=O) groups is 1. The Morgan fingerprint density at radius 3 is 2.62 bits per heavy atom. The van der Waals surface area contributed by atoms with Crippen molar-refractivity contribution in [3.8, 4) is 0 Å². The number of nitrogens with zero attached hydrogens (tertiary/aromatic N) is 1. The molecule has 2 atom stereocenters. The number of rotatable bonds is 6. The lowest BCUT2D eigenvalue weighted by Crippen LogP contribution is -2.32. The number of hydrogen-bond donors (Lipinski definition) is 2. The third kappa shape index (κ3) is 4.19. The van der Waals surface area contributed by atoms with Crippen LogP contribution >= 0.6 is 15.9 Å². The topological polar surface area (TPSA) is 57.5 Å². The van der Waals surface area contributed by atoms with Crippen LogP contribution in [0.5, 0.6) is 0 Å². The molecule has 1 fully saturated rings. The van der Waals surface area contributed by atoms with Gasteiger partial charge < -0.3 is 9.32 Å². The molecule has 2 aromatic rings. The second-order valence-corrected chi connectivity index (χ2v) is 7.75. The Hall–Kier alpha value is -1.63. The van der Waals surface area contributed by atoms with E-state index in [-0.39, 0.29) is 5.91 Å². The van der Waals surface area contributed by atoms with Crippen LogP contribution in [0.2, 0.25) is 0 Å². The number of hydrazine groups is 1. The zero-order valence-electron chi connectivity index (χ0n) is 15.5. The minimum absolute atomic E-state index is 0.00546. The van der Waals surface area contributed by atoms with E-state index in [1.165, 1.54) is 5.56 Å². The third-order valence-electron chi connectivity index (χ3n) is 4.98. The molecule has 0 bridgehead atoms. The van der Waals surface area contributed by atoms with Crippen LogP contribution in [0.15, 0.2) is 39.2 Å². The fourth-order valence-electron chi connectivity index (χ4n) is 3.48. The maximum atomic E-state index is 12.7. The van der Waals surface area contributed by atoms with Gasteiger partial charge in [-0.25, -0.2) is 0 Å². The standard InChI is InChI=1S/C20H26BrN3O2/c1-13-18(19(21)14(2)26-13)20(25)24(3)11-7-10-16-12-17(23-22-16)15-8-5-4-6-9-15/h4-6,8-9,16-17,22-23H,7,10-12H2,1-3H3. The second-order valence-electron chi connectivity index (χ2n) is 6.96. The monoisotopic (exact) mass is 419 g/mol. The summed E-state index contributed by atoms with van der Waals surface area (Å²) in [6.07, 6.45) is 3.04. The van der Waals surface area contributed by atoms with Gasteiger partial charge in [-0.2, -0.15) is 0 Å². The first-order chi connectivity index (χ1) is 12.5. The van der Waals surface area contributed by atoms with E-state index in [2.05, 4.69) is 51.0 Å². The average Bonchev–Trinajstić information content (AvgIpc) is 3.20. The van der Waals surface area contributed by atoms with Gasteiger partial charge in [0.25, 0.3) is 5.91 Å². The summed E-state index contributed by atoms with van der Waals surface area (Å²) in [5.74, 6) is 1.41. The highest BCUT2D eigenvalue weighted by Gasteiger charge is 2.25. The minimum atomic E-state index is 0.00546. The molecule has 0 saturated carbocycles. The molecule has 2 heterocycles. The molecule has 1 aromatic heterocycles. The van der Waals surface area contributed by atoms with Crippen molar-refractivity contribution < 1.29 is 9.21 Å². The van der Waals surface area contributed by atoms with Gasteiger partial charge in [0.15, 0.2) is 0 Å². The van der Waals surface area contributed by atoms with Crippen molar-refractivity contribution in [3.63, 3.8) is 0 Å². The summed E-state index contributed by atoms with van der Waals surface area (Å²) in [6.45, 7) is 4.41. The van der Waals surface area contributed by atoms with Gasteiger partial charge in [-0.05, 0) is 54.6 Å². The van der Waals surface area contributed by atoms with Crippen LogP contribution in [0.1, 0.15) is 52.7 Å². The highest BCUT2D eigenvalue weighted by atomic mass is 79.9. The van der Waals surface area contributed by atoms with Gasteiger partial charge in [-0.3, -0.25) is 15.6 Å². The van der Waals surface area contributed by atoms with E-state index in [0.717, 1.165) is 36.0 Å². The van der Waals surface area contributed by atoms with Crippen molar-refractivity contribution in [2.75, 3.05) is 13.6 Å². The van der Waals surface area contributed by atoms with Crippen molar-refractivity contribution in [1.29, 1.82) is 0 Å². The molecule has 5 nitrogen and oxygen atoms in total. The molecular formula is C20H26BrN3O2. The van der Waals surface area contributed by atoms with Crippen molar-refractivity contribution in [1.82, 2.24) is 15.8 Å². The van der Waals surface area contributed by atoms with Crippen LogP contribution < -0.4 is 10.9 Å². The normalized spacial score (nSPS) is 19.7. The van der Waals surface area contributed by atoms with Crippen LogP contribution in [0.3, 0.4) is 0 Å². The highest BCUT2D eigenvalue weighted by molar-refractivity contribution is 9.10. The molecule has 2 unspecified atom stereocenters. The highest BCUT2D eigenvalue weighted by Crippen LogP contribution is 2.28. The fourth-order valence-corrected chi connectivity index (χ4v) is 4.01. The van der Waals surface area contributed by atoms with Crippen LogP contribution in [-0.2, 0) is 0 Å². The largest absolute Gasteiger partial charge is 0.465 e. The molecule has 6 heteroatoms. The molecule has 1 amide bonds. The average molecular weight is 420 g/mol. The molecule has 3 rings (SSSR count). The Balaban J connectivity index is 1.47. The summed E-state index contributed by atoms with van der Waals surface area (Å²) >= 11 is 3.46. The Kier molecular flexibility index (Phi) is 6.16. The predicted molar refractivity (Wildman–Crippen MR) is 106 cm³/mol. The van der Waals surface area contributed by atoms with E-state index < -0.39 is 0 Å². The number of nitrogens with one attached hydrogen (secondary N) is 2. The first-order valence-electron chi connectivity index (χ1n) is 9.04. The van der Waals surface area contributed by atoms with Crippen LogP contribution in [0, 0.1) is 13.8 Å². The molecule has 0 aliphatic carbocycles. The summed E-state index contributed by atoms with van der Waals surface area (Å²) in [4.78, 5) is 14.4. The molecule has 1 aromatic carbocycles. The van der Waals surface area contributed by atoms with E-state index in [0.29, 0.717) is 23.4 Å². The van der Waals surface area contributed by atoms with Crippen molar-refractivity contribution in [2.45, 2.75) is 45.2 Å². The maximum Gasteiger partial charge on any atom is 0.258 e. The van der Waals surface area contributed by atoms with Gasteiger partial charge in [0.05, 0.1) is 10.0 Å². The molecule has 1 saturated heterocycles. The number of furan rings is 1. The number of benzene rings is 1. The third-order valence-corrected chi connectivity index (χ3v) is 5.93. The summed E-state index contributed by atoms with van der Waals surface area (Å²) in [5.41, 5.74) is 8.71. The number of amides is 1. The zero-order chi connectivity index (χ0) is 18.7. The lowest BCUT2D eigenvalue weighted by atomic mass is 10.00.